The number of rotatable bonds is 1. The van der Waals surface area contributed by atoms with Gasteiger partial charge in [0.1, 0.15) is 0 Å². The molecule has 3 heteroatoms. The lowest BCUT2D eigenvalue weighted by molar-refractivity contribution is -0.149. The lowest BCUT2D eigenvalue weighted by Crippen LogP contribution is -2.48. The third-order valence-electron chi connectivity index (χ3n) is 3.58. The maximum absolute atomic E-state index is 11.7. The summed E-state index contributed by atoms with van der Waals surface area (Å²) in [6, 6.07) is 0.542. The van der Waals surface area contributed by atoms with Crippen molar-refractivity contribution in [1.82, 2.24) is 4.90 Å². The molecule has 0 aromatic rings. The maximum atomic E-state index is 11.7. The number of carbonyl (C=O) groups is 1. The van der Waals surface area contributed by atoms with Crippen LogP contribution >= 0.6 is 0 Å². The van der Waals surface area contributed by atoms with Gasteiger partial charge in [-0.1, -0.05) is 0 Å². The Morgan fingerprint density at radius 3 is 2.79 bits per heavy atom. The fourth-order valence-corrected chi connectivity index (χ4v) is 2.57. The van der Waals surface area contributed by atoms with Crippen LogP contribution in [0.5, 0.6) is 0 Å². The topological polar surface area (TPSA) is 29.5 Å². The lowest BCUT2D eigenvalue weighted by Gasteiger charge is -2.39. The van der Waals surface area contributed by atoms with Crippen molar-refractivity contribution in [2.75, 3.05) is 19.7 Å². The predicted molar refractivity (Wildman–Crippen MR) is 54.0 cm³/mol. The standard InChI is InChI=1S/C11H19NO2/c1-9(2)12-6-3-4-11(8-12)5-7-14-10(11)13/h9H,3-8H2,1-2H3. The smallest absolute Gasteiger partial charge is 0.313 e. The fourth-order valence-electron chi connectivity index (χ4n) is 2.57. The minimum Gasteiger partial charge on any atom is -0.465 e. The third kappa shape index (κ3) is 1.54. The van der Waals surface area contributed by atoms with Crippen LogP contribution in [0.1, 0.15) is 33.1 Å². The molecule has 0 aromatic carbocycles. The highest BCUT2D eigenvalue weighted by Crippen LogP contribution is 2.39. The summed E-state index contributed by atoms with van der Waals surface area (Å²) in [6.07, 6.45) is 3.08. The quantitative estimate of drug-likeness (QED) is 0.595. The largest absolute Gasteiger partial charge is 0.465 e. The number of hydrogen-bond donors (Lipinski definition) is 0. The monoisotopic (exact) mass is 197 g/mol. The van der Waals surface area contributed by atoms with E-state index in [1.54, 1.807) is 0 Å². The molecule has 2 heterocycles. The van der Waals surface area contributed by atoms with Crippen LogP contribution in [0.4, 0.5) is 0 Å². The van der Waals surface area contributed by atoms with Crippen molar-refractivity contribution >= 4 is 5.97 Å². The van der Waals surface area contributed by atoms with E-state index in [1.807, 2.05) is 0 Å². The maximum Gasteiger partial charge on any atom is 0.313 e. The molecular weight excluding hydrogens is 178 g/mol. The van der Waals surface area contributed by atoms with E-state index < -0.39 is 0 Å². The van der Waals surface area contributed by atoms with Crippen LogP contribution in [-0.4, -0.2) is 36.6 Å². The number of ether oxygens (including phenoxy) is 1. The van der Waals surface area contributed by atoms with Crippen LogP contribution in [0.3, 0.4) is 0 Å². The number of carbonyl (C=O) groups excluding carboxylic acids is 1. The number of hydrogen-bond acceptors (Lipinski definition) is 3. The van der Waals surface area contributed by atoms with Crippen LogP contribution in [0, 0.1) is 5.41 Å². The van der Waals surface area contributed by atoms with Gasteiger partial charge >= 0.3 is 5.97 Å². The minimum absolute atomic E-state index is 0.0443. The van der Waals surface area contributed by atoms with Crippen molar-refractivity contribution in [1.29, 1.82) is 0 Å². The Labute approximate surface area is 85.4 Å². The zero-order valence-corrected chi connectivity index (χ0v) is 9.08. The van der Waals surface area contributed by atoms with Gasteiger partial charge in [0.15, 0.2) is 0 Å². The number of nitrogens with zero attached hydrogens (tertiary/aromatic N) is 1. The van der Waals surface area contributed by atoms with E-state index in [0.29, 0.717) is 12.6 Å². The molecule has 0 bridgehead atoms. The van der Waals surface area contributed by atoms with Crippen LogP contribution in [0.2, 0.25) is 0 Å². The molecule has 14 heavy (non-hydrogen) atoms. The Bertz CT molecular complexity index is 239. The number of esters is 1. The average molecular weight is 197 g/mol. The van der Waals surface area contributed by atoms with Crippen LogP contribution < -0.4 is 0 Å². The molecule has 80 valence electrons. The summed E-state index contributed by atoms with van der Waals surface area (Å²) in [6.45, 7) is 7.06. The van der Waals surface area contributed by atoms with Crippen molar-refractivity contribution in [2.24, 2.45) is 5.41 Å². The SMILES string of the molecule is CC(C)N1CCCC2(CCOC2=O)C1. The first kappa shape index (κ1) is 9.97. The molecule has 0 aromatic heterocycles. The van der Waals surface area contributed by atoms with Crippen molar-refractivity contribution in [3.8, 4) is 0 Å². The highest BCUT2D eigenvalue weighted by Gasteiger charge is 2.47. The molecule has 2 aliphatic heterocycles. The van der Waals surface area contributed by atoms with Gasteiger partial charge in [-0.25, -0.2) is 0 Å². The predicted octanol–water partition coefficient (Wildman–Crippen LogP) is 1.42. The van der Waals surface area contributed by atoms with E-state index in [4.69, 9.17) is 4.74 Å². The number of cyclic esters (lactones) is 1. The van der Waals surface area contributed by atoms with E-state index in [-0.39, 0.29) is 11.4 Å². The summed E-state index contributed by atoms with van der Waals surface area (Å²) in [4.78, 5) is 14.1. The normalized spacial score (nSPS) is 34.1. The summed E-state index contributed by atoms with van der Waals surface area (Å²) in [7, 11) is 0. The second-order valence-corrected chi connectivity index (χ2v) is 4.83. The number of likely N-dealkylation sites (tertiary alicyclic amines) is 1. The van der Waals surface area contributed by atoms with Gasteiger partial charge in [-0.05, 0) is 39.7 Å². The van der Waals surface area contributed by atoms with E-state index in [9.17, 15) is 4.79 Å². The van der Waals surface area contributed by atoms with Crippen molar-refractivity contribution in [3.05, 3.63) is 0 Å². The van der Waals surface area contributed by atoms with Crippen LogP contribution in [0.15, 0.2) is 0 Å². The summed E-state index contributed by atoms with van der Waals surface area (Å²) in [5.41, 5.74) is -0.150. The molecule has 2 fully saturated rings. The molecular formula is C11H19NO2. The second kappa shape index (κ2) is 3.54. The molecule has 0 radical (unpaired) electrons. The van der Waals surface area contributed by atoms with Gasteiger partial charge in [-0.15, -0.1) is 0 Å². The molecule has 1 unspecified atom stereocenters. The second-order valence-electron chi connectivity index (χ2n) is 4.83. The van der Waals surface area contributed by atoms with Gasteiger partial charge in [-0.3, -0.25) is 9.69 Å². The van der Waals surface area contributed by atoms with Crippen LogP contribution in [0.25, 0.3) is 0 Å². The average Bonchev–Trinajstić information content (AvgIpc) is 2.48. The molecule has 1 spiro atoms. The summed E-state index contributed by atoms with van der Waals surface area (Å²) in [5.74, 6) is 0.0443. The van der Waals surface area contributed by atoms with Gasteiger partial charge in [0, 0.05) is 12.6 Å². The highest BCUT2D eigenvalue weighted by atomic mass is 16.5. The van der Waals surface area contributed by atoms with Gasteiger partial charge in [0.2, 0.25) is 0 Å². The van der Waals surface area contributed by atoms with E-state index in [0.717, 1.165) is 32.4 Å². The van der Waals surface area contributed by atoms with Crippen molar-refractivity contribution < 1.29 is 9.53 Å². The van der Waals surface area contributed by atoms with Gasteiger partial charge < -0.3 is 4.74 Å². The Balaban J connectivity index is 2.09. The first-order valence-corrected chi connectivity index (χ1v) is 5.55. The molecule has 2 aliphatic rings. The Hall–Kier alpha value is -0.570. The van der Waals surface area contributed by atoms with Gasteiger partial charge in [0.05, 0.1) is 12.0 Å². The minimum atomic E-state index is -0.150. The summed E-state index contributed by atoms with van der Waals surface area (Å²) >= 11 is 0. The van der Waals surface area contributed by atoms with E-state index in [2.05, 4.69) is 18.7 Å². The summed E-state index contributed by atoms with van der Waals surface area (Å²) in [5, 5.41) is 0. The highest BCUT2D eigenvalue weighted by molar-refractivity contribution is 5.79. The van der Waals surface area contributed by atoms with Crippen molar-refractivity contribution in [2.45, 2.75) is 39.2 Å². The third-order valence-corrected chi connectivity index (χ3v) is 3.58. The molecule has 0 N–H and O–H groups in total. The molecule has 1 atom stereocenters. The zero-order valence-electron chi connectivity index (χ0n) is 9.08. The van der Waals surface area contributed by atoms with Gasteiger partial charge in [-0.2, -0.15) is 0 Å². The fraction of sp³-hybridized carbons (Fsp3) is 0.909. The lowest BCUT2D eigenvalue weighted by atomic mass is 9.78. The zero-order chi connectivity index (χ0) is 10.2. The molecule has 0 saturated carbocycles. The molecule has 2 saturated heterocycles. The Morgan fingerprint density at radius 2 is 2.21 bits per heavy atom. The Morgan fingerprint density at radius 1 is 1.43 bits per heavy atom. The first-order valence-electron chi connectivity index (χ1n) is 5.55. The van der Waals surface area contributed by atoms with E-state index >= 15 is 0 Å². The Kier molecular flexibility index (Phi) is 2.52. The van der Waals surface area contributed by atoms with Gasteiger partial charge in [0.25, 0.3) is 0 Å². The summed E-state index contributed by atoms with van der Waals surface area (Å²) < 4.78 is 5.11. The number of piperidine rings is 1. The molecule has 3 nitrogen and oxygen atoms in total. The van der Waals surface area contributed by atoms with Crippen LogP contribution in [-0.2, 0) is 9.53 Å². The van der Waals surface area contributed by atoms with Crippen molar-refractivity contribution in [3.63, 3.8) is 0 Å². The molecule has 0 amide bonds. The first-order chi connectivity index (χ1) is 6.64. The molecule has 2 rings (SSSR count). The van der Waals surface area contributed by atoms with E-state index in [1.165, 1.54) is 0 Å². The molecule has 0 aliphatic carbocycles.